The highest BCUT2D eigenvalue weighted by atomic mass is 19.1. The third-order valence-corrected chi connectivity index (χ3v) is 2.51. The minimum absolute atomic E-state index is 0.0985. The van der Waals surface area contributed by atoms with Crippen molar-refractivity contribution in [2.45, 2.75) is 13.3 Å². The van der Waals surface area contributed by atoms with E-state index >= 15 is 0 Å². The van der Waals surface area contributed by atoms with Crippen LogP contribution in [0.2, 0.25) is 0 Å². The van der Waals surface area contributed by atoms with E-state index in [0.29, 0.717) is 17.9 Å². The Kier molecular flexibility index (Phi) is 4.18. The number of hydrogen-bond donors (Lipinski definition) is 0. The molecule has 0 aliphatic heterocycles. The molecule has 0 radical (unpaired) electrons. The van der Waals surface area contributed by atoms with E-state index in [4.69, 9.17) is 4.74 Å². The number of ketones is 1. The van der Waals surface area contributed by atoms with E-state index in [1.165, 1.54) is 30.7 Å². The summed E-state index contributed by atoms with van der Waals surface area (Å²) in [5.41, 5.74) is 0.855. The molecule has 4 nitrogen and oxygen atoms in total. The molecular formula is C14H13FN2O2. The molecule has 2 rings (SSSR count). The molecule has 0 N–H and O–H groups in total. The second-order valence-corrected chi connectivity index (χ2v) is 3.87. The zero-order valence-corrected chi connectivity index (χ0v) is 10.5. The van der Waals surface area contributed by atoms with Gasteiger partial charge in [-0.15, -0.1) is 0 Å². The van der Waals surface area contributed by atoms with E-state index in [-0.39, 0.29) is 18.0 Å². The molecule has 1 aromatic carbocycles. The minimum Gasteiger partial charge on any atom is -0.491 e. The third-order valence-electron chi connectivity index (χ3n) is 2.51. The molecular weight excluding hydrogens is 247 g/mol. The number of rotatable bonds is 5. The lowest BCUT2D eigenvalue weighted by Gasteiger charge is -2.06. The molecule has 0 atom stereocenters. The zero-order chi connectivity index (χ0) is 13.7. The van der Waals surface area contributed by atoms with E-state index in [1.54, 1.807) is 13.0 Å². The second kappa shape index (κ2) is 6.04. The largest absolute Gasteiger partial charge is 0.491 e. The topological polar surface area (TPSA) is 52.1 Å². The van der Waals surface area contributed by atoms with E-state index in [1.807, 2.05) is 0 Å². The molecule has 0 aliphatic rings. The Balaban J connectivity index is 2.14. The number of halogens is 1. The Hall–Kier alpha value is -2.30. The summed E-state index contributed by atoms with van der Waals surface area (Å²) in [6, 6.07) is 4.19. The van der Waals surface area contributed by atoms with E-state index in [2.05, 4.69) is 9.97 Å². The Morgan fingerprint density at radius 2 is 2.21 bits per heavy atom. The van der Waals surface area contributed by atoms with Crippen molar-refractivity contribution in [3.05, 3.63) is 53.9 Å². The predicted octanol–water partition coefficient (Wildman–Crippen LogP) is 2.44. The highest BCUT2D eigenvalue weighted by Gasteiger charge is 2.11. The molecule has 98 valence electrons. The summed E-state index contributed by atoms with van der Waals surface area (Å²) in [7, 11) is 0. The number of nitrogens with zero attached hydrogens (tertiary/aromatic N) is 2. The second-order valence-electron chi connectivity index (χ2n) is 3.87. The number of carbonyl (C=O) groups excluding carboxylic acids is 1. The van der Waals surface area contributed by atoms with E-state index in [9.17, 15) is 9.18 Å². The molecule has 0 aliphatic carbocycles. The summed E-state index contributed by atoms with van der Waals surface area (Å²) in [6.07, 6.45) is 4.66. The first-order valence-corrected chi connectivity index (χ1v) is 5.91. The number of aromatic nitrogens is 2. The Morgan fingerprint density at radius 1 is 1.37 bits per heavy atom. The van der Waals surface area contributed by atoms with Crippen molar-refractivity contribution in [2.75, 3.05) is 6.61 Å². The van der Waals surface area contributed by atoms with Crippen LogP contribution in [0.4, 0.5) is 4.39 Å². The van der Waals surface area contributed by atoms with Crippen LogP contribution >= 0.6 is 0 Å². The van der Waals surface area contributed by atoms with Crippen molar-refractivity contribution in [3.8, 4) is 5.75 Å². The monoisotopic (exact) mass is 260 g/mol. The van der Waals surface area contributed by atoms with Gasteiger partial charge in [-0.25, -0.2) is 4.39 Å². The molecule has 2 aromatic rings. The first-order valence-electron chi connectivity index (χ1n) is 5.91. The van der Waals surface area contributed by atoms with Gasteiger partial charge in [0.1, 0.15) is 0 Å². The Morgan fingerprint density at radius 3 is 2.84 bits per heavy atom. The van der Waals surface area contributed by atoms with Crippen LogP contribution in [0, 0.1) is 5.82 Å². The fourth-order valence-corrected chi connectivity index (χ4v) is 1.63. The van der Waals surface area contributed by atoms with Crippen molar-refractivity contribution >= 4 is 5.78 Å². The highest BCUT2D eigenvalue weighted by molar-refractivity contribution is 5.97. The molecule has 0 spiro atoms. The van der Waals surface area contributed by atoms with Crippen LogP contribution in [0.3, 0.4) is 0 Å². The predicted molar refractivity (Wildman–Crippen MR) is 67.6 cm³/mol. The van der Waals surface area contributed by atoms with E-state index in [0.717, 1.165) is 0 Å². The number of carbonyl (C=O) groups is 1. The lowest BCUT2D eigenvalue weighted by atomic mass is 10.1. The molecule has 1 heterocycles. The van der Waals surface area contributed by atoms with Gasteiger partial charge in [0.05, 0.1) is 18.7 Å². The number of benzene rings is 1. The van der Waals surface area contributed by atoms with E-state index < -0.39 is 5.82 Å². The van der Waals surface area contributed by atoms with Gasteiger partial charge in [-0.1, -0.05) is 0 Å². The Labute approximate surface area is 110 Å². The smallest absolute Gasteiger partial charge is 0.168 e. The quantitative estimate of drug-likeness (QED) is 0.775. The molecule has 0 fully saturated rings. The number of Topliss-reactive ketones (excluding diaryl/α,β-unsaturated/α-hetero) is 1. The molecule has 1 aromatic heterocycles. The minimum atomic E-state index is -0.535. The Bertz CT molecular complexity index is 573. The third kappa shape index (κ3) is 3.34. The maximum atomic E-state index is 13.6. The zero-order valence-electron chi connectivity index (χ0n) is 10.5. The lowest BCUT2D eigenvalue weighted by Crippen LogP contribution is -2.06. The van der Waals surface area contributed by atoms with Crippen molar-refractivity contribution in [2.24, 2.45) is 0 Å². The number of ether oxygens (including phenoxy) is 1. The van der Waals surface area contributed by atoms with Crippen LogP contribution in [-0.2, 0) is 6.42 Å². The van der Waals surface area contributed by atoms with Gasteiger partial charge in [-0.2, -0.15) is 0 Å². The van der Waals surface area contributed by atoms with Crippen molar-refractivity contribution in [1.82, 2.24) is 9.97 Å². The van der Waals surface area contributed by atoms with Crippen LogP contribution in [0.5, 0.6) is 5.75 Å². The molecule has 0 unspecified atom stereocenters. The van der Waals surface area contributed by atoms with Crippen LogP contribution in [0.15, 0.2) is 36.8 Å². The lowest BCUT2D eigenvalue weighted by molar-refractivity contribution is 0.0991. The maximum absolute atomic E-state index is 13.6. The van der Waals surface area contributed by atoms with Crippen molar-refractivity contribution in [3.63, 3.8) is 0 Å². The highest BCUT2D eigenvalue weighted by Crippen LogP contribution is 2.19. The summed E-state index contributed by atoms with van der Waals surface area (Å²) in [5.74, 6) is -0.590. The summed E-state index contributed by atoms with van der Waals surface area (Å²) >= 11 is 0. The first-order chi connectivity index (χ1) is 9.20. The molecule has 0 amide bonds. The molecule has 0 saturated heterocycles. The SMILES string of the molecule is CCOc1ccc(C(=O)Cc2cnccn2)cc1F. The average Bonchev–Trinajstić information content (AvgIpc) is 2.42. The van der Waals surface area contributed by atoms with Gasteiger partial charge in [-0.3, -0.25) is 14.8 Å². The number of hydrogen-bond acceptors (Lipinski definition) is 4. The fraction of sp³-hybridized carbons (Fsp3) is 0.214. The first kappa shape index (κ1) is 13.1. The van der Waals surface area contributed by atoms with Crippen LogP contribution in [-0.4, -0.2) is 22.4 Å². The maximum Gasteiger partial charge on any atom is 0.168 e. The van der Waals surface area contributed by atoms with Gasteiger partial charge in [0.15, 0.2) is 17.3 Å². The normalized spacial score (nSPS) is 10.2. The van der Waals surface area contributed by atoms with Gasteiger partial charge in [0.2, 0.25) is 0 Å². The molecule has 19 heavy (non-hydrogen) atoms. The summed E-state index contributed by atoms with van der Waals surface area (Å²) in [5, 5.41) is 0. The van der Waals surface area contributed by atoms with Crippen molar-refractivity contribution in [1.29, 1.82) is 0 Å². The van der Waals surface area contributed by atoms with Gasteiger partial charge in [0, 0.05) is 24.2 Å². The fourth-order valence-electron chi connectivity index (χ4n) is 1.63. The van der Waals surface area contributed by atoms with Gasteiger partial charge >= 0.3 is 0 Å². The van der Waals surface area contributed by atoms with Gasteiger partial charge in [0.25, 0.3) is 0 Å². The van der Waals surface area contributed by atoms with Crippen LogP contribution < -0.4 is 4.74 Å². The standard InChI is InChI=1S/C14H13FN2O2/c1-2-19-14-4-3-10(7-12(14)15)13(18)8-11-9-16-5-6-17-11/h3-7,9H,2,8H2,1H3. The molecule has 5 heteroatoms. The van der Waals surface area contributed by atoms with Crippen LogP contribution in [0.1, 0.15) is 23.0 Å². The summed E-state index contributed by atoms with van der Waals surface area (Å²) in [4.78, 5) is 19.9. The van der Waals surface area contributed by atoms with Gasteiger partial charge in [-0.05, 0) is 25.1 Å². The summed E-state index contributed by atoms with van der Waals surface area (Å²) < 4.78 is 18.7. The summed E-state index contributed by atoms with van der Waals surface area (Å²) in [6.45, 7) is 2.15. The molecule has 0 bridgehead atoms. The molecule has 0 saturated carbocycles. The average molecular weight is 260 g/mol. The van der Waals surface area contributed by atoms with Crippen molar-refractivity contribution < 1.29 is 13.9 Å². The van der Waals surface area contributed by atoms with Crippen LogP contribution in [0.25, 0.3) is 0 Å². The van der Waals surface area contributed by atoms with Gasteiger partial charge < -0.3 is 4.74 Å².